The molecule has 0 fully saturated rings. The summed E-state index contributed by atoms with van der Waals surface area (Å²) in [6.45, 7) is 0.691. The van der Waals surface area contributed by atoms with Crippen LogP contribution in [0.3, 0.4) is 0 Å². The van der Waals surface area contributed by atoms with Crippen molar-refractivity contribution in [3.63, 3.8) is 0 Å². The minimum atomic E-state index is -3.49. The van der Waals surface area contributed by atoms with E-state index in [0.717, 1.165) is 24.2 Å². The first-order valence-electron chi connectivity index (χ1n) is 7.42. The fourth-order valence-electron chi connectivity index (χ4n) is 2.04. The zero-order valence-corrected chi connectivity index (χ0v) is 14.3. The van der Waals surface area contributed by atoms with Crippen LogP contribution in [0.2, 0.25) is 0 Å². The summed E-state index contributed by atoms with van der Waals surface area (Å²) < 4.78 is 26.4. The first-order valence-corrected chi connectivity index (χ1v) is 9.78. The molecule has 0 aliphatic heterocycles. The van der Waals surface area contributed by atoms with Crippen molar-refractivity contribution in [3.8, 4) is 0 Å². The van der Waals surface area contributed by atoms with Crippen LogP contribution in [-0.2, 0) is 21.2 Å². The second-order valence-corrected chi connectivity index (χ2v) is 7.96. The van der Waals surface area contributed by atoms with E-state index in [9.17, 15) is 13.2 Å². The van der Waals surface area contributed by atoms with E-state index in [2.05, 4.69) is 22.2 Å². The van der Waals surface area contributed by atoms with Gasteiger partial charge in [0.1, 0.15) is 4.21 Å². The molecule has 0 aliphatic carbocycles. The van der Waals surface area contributed by atoms with Crippen LogP contribution < -0.4 is 10.0 Å². The maximum Gasteiger partial charge on any atom is 0.250 e. The quantitative estimate of drug-likeness (QED) is 0.679. The van der Waals surface area contributed by atoms with Crippen LogP contribution in [0.15, 0.2) is 52.1 Å². The van der Waals surface area contributed by atoms with Crippen molar-refractivity contribution in [1.82, 2.24) is 10.0 Å². The third-order valence-corrected chi connectivity index (χ3v) is 6.07. The lowest BCUT2D eigenvalue weighted by Crippen LogP contribution is -2.31. The number of amides is 1. The van der Waals surface area contributed by atoms with Crippen LogP contribution in [0.4, 0.5) is 0 Å². The average molecular weight is 352 g/mol. The zero-order valence-electron chi connectivity index (χ0n) is 12.7. The molecule has 1 heterocycles. The van der Waals surface area contributed by atoms with E-state index >= 15 is 0 Å². The van der Waals surface area contributed by atoms with Crippen LogP contribution in [0.1, 0.15) is 18.4 Å². The van der Waals surface area contributed by atoms with Crippen LogP contribution >= 0.6 is 11.3 Å². The summed E-state index contributed by atoms with van der Waals surface area (Å²) in [6, 6.07) is 13.3. The minimum Gasteiger partial charge on any atom is -0.356 e. The molecule has 0 radical (unpaired) electrons. The molecule has 2 N–H and O–H groups in total. The number of carbonyl (C=O) groups is 1. The lowest BCUT2D eigenvalue weighted by Gasteiger charge is -2.06. The predicted molar refractivity (Wildman–Crippen MR) is 91.9 cm³/mol. The molecule has 0 atom stereocenters. The maximum absolute atomic E-state index is 11.9. The van der Waals surface area contributed by atoms with Gasteiger partial charge in [-0.1, -0.05) is 36.4 Å². The number of thiophene rings is 1. The molecule has 23 heavy (non-hydrogen) atoms. The molecular formula is C16H20N2O3S2. The van der Waals surface area contributed by atoms with Gasteiger partial charge < -0.3 is 5.32 Å². The highest BCUT2D eigenvalue weighted by molar-refractivity contribution is 7.91. The smallest absolute Gasteiger partial charge is 0.250 e. The van der Waals surface area contributed by atoms with Crippen molar-refractivity contribution in [2.75, 3.05) is 13.1 Å². The molecule has 0 saturated heterocycles. The second-order valence-electron chi connectivity index (χ2n) is 5.02. The average Bonchev–Trinajstić information content (AvgIpc) is 3.08. The third-order valence-electron chi connectivity index (χ3n) is 3.21. The van der Waals surface area contributed by atoms with Gasteiger partial charge in [0.2, 0.25) is 15.9 Å². The Kier molecular flexibility index (Phi) is 6.76. The normalized spacial score (nSPS) is 11.3. The molecule has 0 aliphatic rings. The molecule has 7 heteroatoms. The molecule has 0 unspecified atom stereocenters. The lowest BCUT2D eigenvalue weighted by molar-refractivity contribution is -0.120. The molecular weight excluding hydrogens is 332 g/mol. The van der Waals surface area contributed by atoms with Crippen LogP contribution in [0.5, 0.6) is 0 Å². The van der Waals surface area contributed by atoms with E-state index in [1.807, 2.05) is 18.2 Å². The Morgan fingerprint density at radius 2 is 1.83 bits per heavy atom. The van der Waals surface area contributed by atoms with Crippen LogP contribution in [0, 0.1) is 0 Å². The van der Waals surface area contributed by atoms with Crippen molar-refractivity contribution in [2.24, 2.45) is 0 Å². The molecule has 1 aromatic carbocycles. The van der Waals surface area contributed by atoms with Crippen molar-refractivity contribution >= 4 is 27.3 Å². The minimum absolute atomic E-state index is 0.102. The van der Waals surface area contributed by atoms with Gasteiger partial charge in [-0.15, -0.1) is 11.3 Å². The van der Waals surface area contributed by atoms with Gasteiger partial charge >= 0.3 is 0 Å². The van der Waals surface area contributed by atoms with Gasteiger partial charge in [0, 0.05) is 19.5 Å². The molecule has 2 rings (SSSR count). The van der Waals surface area contributed by atoms with Gasteiger partial charge in [-0.2, -0.15) is 0 Å². The van der Waals surface area contributed by atoms with Crippen LogP contribution in [0.25, 0.3) is 0 Å². The number of benzene rings is 1. The topological polar surface area (TPSA) is 75.3 Å². The summed E-state index contributed by atoms with van der Waals surface area (Å²) >= 11 is 1.15. The van der Waals surface area contributed by atoms with E-state index in [1.165, 1.54) is 11.6 Å². The third kappa shape index (κ3) is 6.13. The van der Waals surface area contributed by atoms with E-state index in [4.69, 9.17) is 0 Å². The standard InChI is InChI=1S/C16H20N2O3S2/c19-15(17-11-4-8-14-6-2-1-3-7-14)10-12-18-23(20,21)16-9-5-13-22-16/h1-3,5-7,9,13,18H,4,8,10-12H2,(H,17,19). The van der Waals surface area contributed by atoms with Crippen molar-refractivity contribution in [2.45, 2.75) is 23.5 Å². The summed E-state index contributed by atoms with van der Waals surface area (Å²) in [5.41, 5.74) is 1.24. The van der Waals surface area contributed by atoms with Gasteiger partial charge in [0.05, 0.1) is 0 Å². The highest BCUT2D eigenvalue weighted by Crippen LogP contribution is 2.14. The fourth-order valence-corrected chi connectivity index (χ4v) is 4.11. The Hall–Kier alpha value is -1.70. The Morgan fingerprint density at radius 3 is 2.52 bits per heavy atom. The second kappa shape index (κ2) is 8.81. The van der Waals surface area contributed by atoms with Gasteiger partial charge in [-0.3, -0.25) is 4.79 Å². The van der Waals surface area contributed by atoms with Gasteiger partial charge in [-0.05, 0) is 29.9 Å². The van der Waals surface area contributed by atoms with Crippen molar-refractivity contribution in [3.05, 3.63) is 53.4 Å². The highest BCUT2D eigenvalue weighted by Gasteiger charge is 2.14. The van der Waals surface area contributed by atoms with Gasteiger partial charge in [0.25, 0.3) is 0 Å². The lowest BCUT2D eigenvalue weighted by atomic mass is 10.1. The number of hydrogen-bond acceptors (Lipinski definition) is 4. The highest BCUT2D eigenvalue weighted by atomic mass is 32.2. The number of hydrogen-bond donors (Lipinski definition) is 2. The van der Waals surface area contributed by atoms with E-state index in [1.54, 1.807) is 11.4 Å². The largest absolute Gasteiger partial charge is 0.356 e. The number of carbonyl (C=O) groups excluding carboxylic acids is 1. The fraction of sp³-hybridized carbons (Fsp3) is 0.312. The first kappa shape index (κ1) is 17.7. The van der Waals surface area contributed by atoms with E-state index in [-0.39, 0.29) is 23.1 Å². The first-order chi connectivity index (χ1) is 11.1. The summed E-state index contributed by atoms with van der Waals surface area (Å²) in [5, 5.41) is 4.51. The molecule has 0 spiro atoms. The Bertz CT molecular complexity index is 698. The summed E-state index contributed by atoms with van der Waals surface area (Å²) in [6.07, 6.45) is 1.90. The summed E-state index contributed by atoms with van der Waals surface area (Å²) in [7, 11) is -3.49. The number of nitrogens with one attached hydrogen (secondary N) is 2. The monoisotopic (exact) mass is 352 g/mol. The molecule has 5 nitrogen and oxygen atoms in total. The Morgan fingerprint density at radius 1 is 1.04 bits per heavy atom. The van der Waals surface area contributed by atoms with Gasteiger partial charge in [-0.25, -0.2) is 13.1 Å². The molecule has 2 aromatic rings. The van der Waals surface area contributed by atoms with Crippen molar-refractivity contribution in [1.29, 1.82) is 0 Å². The van der Waals surface area contributed by atoms with Crippen molar-refractivity contribution < 1.29 is 13.2 Å². The predicted octanol–water partition coefficient (Wildman–Crippen LogP) is 2.17. The van der Waals surface area contributed by atoms with E-state index in [0.29, 0.717) is 6.54 Å². The SMILES string of the molecule is O=C(CCNS(=O)(=O)c1cccs1)NCCCc1ccccc1. The molecule has 0 saturated carbocycles. The summed E-state index contributed by atoms with van der Waals surface area (Å²) in [5.74, 6) is -0.146. The molecule has 1 amide bonds. The Balaban J connectivity index is 1.60. The van der Waals surface area contributed by atoms with Gasteiger partial charge in [0.15, 0.2) is 0 Å². The Labute approximate surface area is 140 Å². The zero-order chi connectivity index (χ0) is 16.5. The summed E-state index contributed by atoms with van der Waals surface area (Å²) in [4.78, 5) is 11.7. The number of rotatable bonds is 9. The maximum atomic E-state index is 11.9. The molecule has 1 aromatic heterocycles. The van der Waals surface area contributed by atoms with Crippen LogP contribution in [-0.4, -0.2) is 27.4 Å². The molecule has 124 valence electrons. The number of aryl methyl sites for hydroxylation is 1. The van der Waals surface area contributed by atoms with E-state index < -0.39 is 10.0 Å². The molecule has 0 bridgehead atoms. The number of sulfonamides is 1.